The molecule has 0 saturated heterocycles. The zero-order valence-corrected chi connectivity index (χ0v) is 14.4. The average Bonchev–Trinajstić information content (AvgIpc) is 3.21. The van der Waals surface area contributed by atoms with Crippen molar-refractivity contribution in [3.05, 3.63) is 88.6 Å². The molecule has 0 radical (unpaired) electrons. The van der Waals surface area contributed by atoms with Crippen LogP contribution >= 0.6 is 11.6 Å². The Kier molecular flexibility index (Phi) is 3.12. The van der Waals surface area contributed by atoms with Crippen molar-refractivity contribution < 1.29 is 4.42 Å². The summed E-state index contributed by atoms with van der Waals surface area (Å²) in [5.74, 6) is 0.814. The van der Waals surface area contributed by atoms with Crippen LogP contribution in [0, 0.1) is 6.92 Å². The van der Waals surface area contributed by atoms with E-state index in [1.54, 1.807) is 0 Å². The summed E-state index contributed by atoms with van der Waals surface area (Å²) in [4.78, 5) is 4.88. The normalized spacial score (nSPS) is 13.3. The molecule has 0 spiro atoms. The van der Waals surface area contributed by atoms with Crippen molar-refractivity contribution in [1.29, 1.82) is 0 Å². The maximum absolute atomic E-state index is 6.22. The standard InChI is InChI=1S/C21H15ClN2O/c1-13-4-7-17-15(9-13)12-25-21(17)20-18-3-2-8-24(18)19-10-16(22)6-5-14(19)11-23-20/h2-10,12H,11H2,1H3. The minimum Gasteiger partial charge on any atom is -0.461 e. The van der Waals surface area contributed by atoms with E-state index in [9.17, 15) is 0 Å². The van der Waals surface area contributed by atoms with E-state index >= 15 is 0 Å². The smallest absolute Gasteiger partial charge is 0.161 e. The molecule has 1 aliphatic heterocycles. The SMILES string of the molecule is Cc1ccc2c(C3=NCc4ccc(Cl)cc4-n4cccc43)occ2c1. The van der Waals surface area contributed by atoms with Crippen molar-refractivity contribution in [1.82, 2.24) is 4.57 Å². The Hall–Kier alpha value is -2.78. The van der Waals surface area contributed by atoms with Gasteiger partial charge in [0.15, 0.2) is 5.76 Å². The lowest BCUT2D eigenvalue weighted by Gasteiger charge is -2.10. The maximum atomic E-state index is 6.22. The van der Waals surface area contributed by atoms with Gasteiger partial charge in [0.2, 0.25) is 0 Å². The second kappa shape index (κ2) is 5.36. The van der Waals surface area contributed by atoms with E-state index in [0.29, 0.717) is 6.54 Å². The highest BCUT2D eigenvalue weighted by Gasteiger charge is 2.22. The van der Waals surface area contributed by atoms with Gasteiger partial charge in [-0.1, -0.05) is 35.4 Å². The van der Waals surface area contributed by atoms with Crippen LogP contribution in [0.2, 0.25) is 5.02 Å². The third-order valence-corrected chi connectivity index (χ3v) is 4.91. The Labute approximate surface area is 150 Å². The number of nitrogens with zero attached hydrogens (tertiary/aromatic N) is 2. The minimum atomic E-state index is 0.595. The molecule has 1 aliphatic rings. The van der Waals surface area contributed by atoms with Crippen molar-refractivity contribution in [3.8, 4) is 5.69 Å². The lowest BCUT2D eigenvalue weighted by atomic mass is 10.1. The predicted octanol–water partition coefficient (Wildman–Crippen LogP) is 5.54. The van der Waals surface area contributed by atoms with Gasteiger partial charge in [0.25, 0.3) is 0 Å². The van der Waals surface area contributed by atoms with Crippen LogP contribution < -0.4 is 0 Å². The average molecular weight is 347 g/mol. The number of rotatable bonds is 1. The summed E-state index contributed by atoms with van der Waals surface area (Å²) >= 11 is 6.22. The number of fused-ring (bicyclic) bond motifs is 4. The third-order valence-electron chi connectivity index (χ3n) is 4.68. The molecule has 2 aromatic heterocycles. The Balaban J connectivity index is 1.75. The van der Waals surface area contributed by atoms with Gasteiger partial charge in [-0.2, -0.15) is 0 Å². The Bertz CT molecular complexity index is 1150. The molecule has 4 aromatic rings. The molecule has 5 rings (SSSR count). The largest absolute Gasteiger partial charge is 0.461 e. The van der Waals surface area contributed by atoms with Gasteiger partial charge in [-0.25, -0.2) is 0 Å². The molecule has 0 unspecified atom stereocenters. The van der Waals surface area contributed by atoms with Crippen molar-refractivity contribution in [2.24, 2.45) is 4.99 Å². The first-order valence-corrected chi connectivity index (χ1v) is 8.58. The second-order valence-corrected chi connectivity index (χ2v) is 6.79. The third kappa shape index (κ3) is 2.24. The summed E-state index contributed by atoms with van der Waals surface area (Å²) in [6.07, 6.45) is 3.85. The summed E-state index contributed by atoms with van der Waals surface area (Å²) in [6.45, 7) is 2.68. The van der Waals surface area contributed by atoms with E-state index in [4.69, 9.17) is 21.0 Å². The van der Waals surface area contributed by atoms with Crippen LogP contribution in [0.15, 0.2) is 70.4 Å². The van der Waals surface area contributed by atoms with Crippen LogP contribution in [0.25, 0.3) is 16.5 Å². The number of hydrogen-bond donors (Lipinski definition) is 0. The van der Waals surface area contributed by atoms with Gasteiger partial charge in [0.05, 0.1) is 24.2 Å². The van der Waals surface area contributed by atoms with E-state index in [1.165, 1.54) is 5.56 Å². The highest BCUT2D eigenvalue weighted by molar-refractivity contribution is 6.30. The van der Waals surface area contributed by atoms with E-state index in [2.05, 4.69) is 35.8 Å². The molecule has 0 N–H and O–H groups in total. The predicted molar refractivity (Wildman–Crippen MR) is 101 cm³/mol. The molecule has 0 saturated carbocycles. The Morgan fingerprint density at radius 2 is 2.04 bits per heavy atom. The fourth-order valence-corrected chi connectivity index (χ4v) is 3.63. The number of aromatic nitrogens is 1. The summed E-state index contributed by atoms with van der Waals surface area (Å²) < 4.78 is 8.08. The Morgan fingerprint density at radius 3 is 2.96 bits per heavy atom. The molecule has 0 atom stereocenters. The molecular formula is C21H15ClN2O. The van der Waals surface area contributed by atoms with Crippen LogP contribution in [-0.4, -0.2) is 10.3 Å². The molecule has 25 heavy (non-hydrogen) atoms. The minimum absolute atomic E-state index is 0.595. The van der Waals surface area contributed by atoms with E-state index in [0.717, 1.165) is 44.2 Å². The van der Waals surface area contributed by atoms with Crippen molar-refractivity contribution in [3.63, 3.8) is 0 Å². The number of halogens is 1. The van der Waals surface area contributed by atoms with Gasteiger partial charge in [0.1, 0.15) is 5.71 Å². The molecule has 2 aromatic carbocycles. The molecule has 0 aliphatic carbocycles. The summed E-state index contributed by atoms with van der Waals surface area (Å²) in [6, 6.07) is 16.4. The lowest BCUT2D eigenvalue weighted by molar-refractivity contribution is 0.562. The number of aryl methyl sites for hydroxylation is 1. The highest BCUT2D eigenvalue weighted by atomic mass is 35.5. The second-order valence-electron chi connectivity index (χ2n) is 6.36. The van der Waals surface area contributed by atoms with Gasteiger partial charge < -0.3 is 8.98 Å². The first-order valence-electron chi connectivity index (χ1n) is 8.20. The van der Waals surface area contributed by atoms with E-state index < -0.39 is 0 Å². The molecule has 122 valence electrons. The lowest BCUT2D eigenvalue weighted by Crippen LogP contribution is -2.07. The van der Waals surface area contributed by atoms with Gasteiger partial charge in [0, 0.05) is 22.0 Å². The van der Waals surface area contributed by atoms with E-state index in [-0.39, 0.29) is 0 Å². The van der Waals surface area contributed by atoms with Crippen molar-refractivity contribution in [2.75, 3.05) is 0 Å². The zero-order valence-electron chi connectivity index (χ0n) is 13.7. The summed E-state index contributed by atoms with van der Waals surface area (Å²) in [7, 11) is 0. The van der Waals surface area contributed by atoms with Crippen molar-refractivity contribution >= 4 is 28.1 Å². The van der Waals surface area contributed by atoms with Crippen LogP contribution in [-0.2, 0) is 6.54 Å². The molecule has 0 bridgehead atoms. The van der Waals surface area contributed by atoms with E-state index in [1.807, 2.05) is 36.7 Å². The topological polar surface area (TPSA) is 30.4 Å². The molecule has 3 nitrogen and oxygen atoms in total. The number of aliphatic imine (C=N–C) groups is 1. The molecular weight excluding hydrogens is 332 g/mol. The van der Waals surface area contributed by atoms with Gasteiger partial charge >= 0.3 is 0 Å². The van der Waals surface area contributed by atoms with Crippen LogP contribution in [0.5, 0.6) is 0 Å². The first kappa shape index (κ1) is 14.6. The number of hydrogen-bond acceptors (Lipinski definition) is 2. The van der Waals surface area contributed by atoms with Crippen LogP contribution in [0.3, 0.4) is 0 Å². The Morgan fingerprint density at radius 1 is 1.12 bits per heavy atom. The maximum Gasteiger partial charge on any atom is 0.161 e. The first-order chi connectivity index (χ1) is 12.2. The fraction of sp³-hybridized carbons (Fsp3) is 0.0952. The van der Waals surface area contributed by atoms with Gasteiger partial charge in [-0.3, -0.25) is 4.99 Å². The quantitative estimate of drug-likeness (QED) is 0.445. The molecule has 3 heterocycles. The van der Waals surface area contributed by atoms with Gasteiger partial charge in [-0.15, -0.1) is 0 Å². The number of furan rings is 1. The van der Waals surface area contributed by atoms with Crippen LogP contribution in [0.4, 0.5) is 0 Å². The van der Waals surface area contributed by atoms with Gasteiger partial charge in [-0.05, 0) is 42.8 Å². The fourth-order valence-electron chi connectivity index (χ4n) is 3.47. The van der Waals surface area contributed by atoms with Crippen LogP contribution in [0.1, 0.15) is 22.6 Å². The monoisotopic (exact) mass is 346 g/mol. The summed E-state index contributed by atoms with van der Waals surface area (Å²) in [5.41, 5.74) is 5.31. The molecule has 4 heteroatoms. The number of benzene rings is 2. The molecule has 0 amide bonds. The van der Waals surface area contributed by atoms with Crippen molar-refractivity contribution in [2.45, 2.75) is 13.5 Å². The zero-order chi connectivity index (χ0) is 17.0. The molecule has 0 fully saturated rings. The summed E-state index contributed by atoms with van der Waals surface area (Å²) in [5, 5.41) is 2.91. The highest BCUT2D eigenvalue weighted by Crippen LogP contribution is 2.30.